The van der Waals surface area contributed by atoms with E-state index in [1.165, 1.54) is 12.0 Å². The van der Waals surface area contributed by atoms with Gasteiger partial charge < -0.3 is 19.5 Å². The Hall–Kier alpha value is -1.46. The van der Waals surface area contributed by atoms with Gasteiger partial charge in [0, 0.05) is 0 Å². The third kappa shape index (κ3) is 3.41. The number of carbonyl (C=O) groups is 1. The largest absolute Gasteiger partial charge is 0.495 e. The molecule has 0 aromatic heterocycles. The second kappa shape index (κ2) is 5.39. The van der Waals surface area contributed by atoms with Gasteiger partial charge in [-0.25, -0.2) is 4.79 Å². The summed E-state index contributed by atoms with van der Waals surface area (Å²) in [6.45, 7) is 5.79. The number of hydrogen-bond acceptors (Lipinski definition) is 4. The summed E-state index contributed by atoms with van der Waals surface area (Å²) in [5, 5.41) is 11.0. The number of carbonyl (C=O) groups excluding carboxylic acids is 1. The summed E-state index contributed by atoms with van der Waals surface area (Å²) >= 11 is 6.06. The standard InChI is InChI=1S/C15H20ClNO4/c1-14(2,3)21-13(18)17-8-15(19,9-17)10-5-6-12(20-4)11(16)7-10/h5-7,19H,8-9H2,1-4H3. The normalized spacial score (nSPS) is 17.1. The molecule has 0 saturated carbocycles. The van der Waals surface area contributed by atoms with E-state index >= 15 is 0 Å². The lowest BCUT2D eigenvalue weighted by Crippen LogP contribution is -2.61. The van der Waals surface area contributed by atoms with Crippen LogP contribution in [-0.2, 0) is 10.3 Å². The molecule has 0 atom stereocenters. The van der Waals surface area contributed by atoms with Gasteiger partial charge in [-0.15, -0.1) is 0 Å². The topological polar surface area (TPSA) is 59.0 Å². The van der Waals surface area contributed by atoms with Crippen LogP contribution in [0.15, 0.2) is 18.2 Å². The Morgan fingerprint density at radius 2 is 2.00 bits per heavy atom. The first-order valence-electron chi connectivity index (χ1n) is 6.69. The molecule has 0 radical (unpaired) electrons. The second-order valence-electron chi connectivity index (χ2n) is 6.22. The van der Waals surface area contributed by atoms with Crippen molar-refractivity contribution in [2.75, 3.05) is 20.2 Å². The SMILES string of the molecule is COc1ccc(C2(O)CN(C(=O)OC(C)(C)C)C2)cc1Cl. The van der Waals surface area contributed by atoms with E-state index in [4.69, 9.17) is 21.1 Å². The number of benzene rings is 1. The smallest absolute Gasteiger partial charge is 0.410 e. The van der Waals surface area contributed by atoms with Gasteiger partial charge in [0.1, 0.15) is 17.0 Å². The Balaban J connectivity index is 2.04. The molecule has 2 rings (SSSR count). The number of nitrogens with zero attached hydrogens (tertiary/aromatic N) is 1. The fraction of sp³-hybridized carbons (Fsp3) is 0.533. The predicted octanol–water partition coefficient (Wildman–Crippen LogP) is 2.79. The molecule has 1 aliphatic heterocycles. The van der Waals surface area contributed by atoms with Crippen LogP contribution in [0.2, 0.25) is 5.02 Å². The molecule has 0 bridgehead atoms. The van der Waals surface area contributed by atoms with Gasteiger partial charge >= 0.3 is 6.09 Å². The molecule has 21 heavy (non-hydrogen) atoms. The van der Waals surface area contributed by atoms with Crippen LogP contribution in [-0.4, -0.2) is 41.9 Å². The van der Waals surface area contributed by atoms with Crippen molar-refractivity contribution >= 4 is 17.7 Å². The Labute approximate surface area is 129 Å². The molecule has 1 N–H and O–H groups in total. The first-order chi connectivity index (χ1) is 9.64. The Morgan fingerprint density at radius 1 is 1.38 bits per heavy atom. The van der Waals surface area contributed by atoms with Gasteiger partial charge in [0.2, 0.25) is 0 Å². The van der Waals surface area contributed by atoms with Crippen molar-refractivity contribution in [3.63, 3.8) is 0 Å². The van der Waals surface area contributed by atoms with Crippen molar-refractivity contribution < 1.29 is 19.4 Å². The lowest BCUT2D eigenvalue weighted by atomic mass is 9.86. The predicted molar refractivity (Wildman–Crippen MR) is 79.7 cm³/mol. The maximum Gasteiger partial charge on any atom is 0.410 e. The van der Waals surface area contributed by atoms with Gasteiger partial charge in [0.25, 0.3) is 0 Å². The highest BCUT2D eigenvalue weighted by Gasteiger charge is 2.46. The molecule has 0 aliphatic carbocycles. The van der Waals surface area contributed by atoms with E-state index < -0.39 is 17.3 Å². The summed E-state index contributed by atoms with van der Waals surface area (Å²) in [5.74, 6) is 0.548. The molecule has 6 heteroatoms. The van der Waals surface area contributed by atoms with E-state index in [0.29, 0.717) is 16.3 Å². The third-order valence-corrected chi connectivity index (χ3v) is 3.54. The summed E-state index contributed by atoms with van der Waals surface area (Å²) in [6, 6.07) is 5.11. The zero-order valence-corrected chi connectivity index (χ0v) is 13.4. The number of methoxy groups -OCH3 is 1. The van der Waals surface area contributed by atoms with E-state index in [9.17, 15) is 9.90 Å². The van der Waals surface area contributed by atoms with E-state index in [2.05, 4.69) is 0 Å². The van der Waals surface area contributed by atoms with E-state index in [1.807, 2.05) is 0 Å². The Bertz CT molecular complexity index is 547. The Kier molecular flexibility index (Phi) is 4.08. The van der Waals surface area contributed by atoms with E-state index in [1.54, 1.807) is 39.0 Å². The van der Waals surface area contributed by atoms with Crippen LogP contribution >= 0.6 is 11.6 Å². The maximum atomic E-state index is 11.9. The average molecular weight is 314 g/mol. The van der Waals surface area contributed by atoms with E-state index in [0.717, 1.165) is 0 Å². The molecule has 1 aromatic carbocycles. The quantitative estimate of drug-likeness (QED) is 0.912. The summed E-state index contributed by atoms with van der Waals surface area (Å²) in [5.41, 5.74) is -0.978. The molecule has 1 heterocycles. The molecule has 1 saturated heterocycles. The number of aliphatic hydroxyl groups is 1. The maximum absolute atomic E-state index is 11.9. The number of halogens is 1. The number of β-amino-alcohol motifs (C(OH)–C–C–N with tert-alkyl or cyclic N) is 1. The summed E-state index contributed by atoms with van der Waals surface area (Å²) in [4.78, 5) is 13.3. The lowest BCUT2D eigenvalue weighted by Gasteiger charge is -2.46. The summed E-state index contributed by atoms with van der Waals surface area (Å²) in [6.07, 6.45) is -0.424. The third-order valence-electron chi connectivity index (χ3n) is 3.25. The number of rotatable bonds is 2. The minimum Gasteiger partial charge on any atom is -0.495 e. The minimum absolute atomic E-state index is 0.185. The van der Waals surface area contributed by atoms with Crippen LogP contribution in [0.3, 0.4) is 0 Å². The summed E-state index contributed by atoms with van der Waals surface area (Å²) in [7, 11) is 1.53. The highest BCUT2D eigenvalue weighted by molar-refractivity contribution is 6.32. The zero-order valence-electron chi connectivity index (χ0n) is 12.6. The van der Waals surface area contributed by atoms with Gasteiger partial charge in [0.15, 0.2) is 0 Å². The number of ether oxygens (including phenoxy) is 2. The highest BCUT2D eigenvalue weighted by Crippen LogP contribution is 2.36. The molecular weight excluding hydrogens is 294 g/mol. The van der Waals surface area contributed by atoms with Gasteiger partial charge in [-0.3, -0.25) is 0 Å². The molecule has 0 spiro atoms. The zero-order chi connectivity index (χ0) is 15.8. The van der Waals surface area contributed by atoms with E-state index in [-0.39, 0.29) is 13.1 Å². The van der Waals surface area contributed by atoms with Gasteiger partial charge in [-0.1, -0.05) is 17.7 Å². The van der Waals surface area contributed by atoms with Crippen molar-refractivity contribution in [2.24, 2.45) is 0 Å². The second-order valence-corrected chi connectivity index (χ2v) is 6.62. The van der Waals surface area contributed by atoms with Crippen LogP contribution in [0, 0.1) is 0 Å². The first kappa shape index (κ1) is 15.9. The molecule has 1 fully saturated rings. The van der Waals surface area contributed by atoms with Gasteiger partial charge in [-0.2, -0.15) is 0 Å². The van der Waals surface area contributed by atoms with Crippen molar-refractivity contribution in [1.82, 2.24) is 4.90 Å². The molecule has 0 unspecified atom stereocenters. The summed E-state index contributed by atoms with van der Waals surface area (Å²) < 4.78 is 10.3. The van der Waals surface area contributed by atoms with Crippen molar-refractivity contribution in [1.29, 1.82) is 0 Å². The molecule has 5 nitrogen and oxygen atoms in total. The van der Waals surface area contributed by atoms with Crippen LogP contribution < -0.4 is 4.74 Å². The number of amides is 1. The van der Waals surface area contributed by atoms with Crippen LogP contribution in [0.25, 0.3) is 0 Å². The number of likely N-dealkylation sites (tertiary alicyclic amines) is 1. The lowest BCUT2D eigenvalue weighted by molar-refractivity contribution is -0.103. The highest BCUT2D eigenvalue weighted by atomic mass is 35.5. The fourth-order valence-corrected chi connectivity index (χ4v) is 2.44. The first-order valence-corrected chi connectivity index (χ1v) is 7.07. The van der Waals surface area contributed by atoms with Crippen molar-refractivity contribution in [3.8, 4) is 5.75 Å². The van der Waals surface area contributed by atoms with Crippen LogP contribution in [0.4, 0.5) is 4.79 Å². The molecular formula is C15H20ClNO4. The Morgan fingerprint density at radius 3 is 2.48 bits per heavy atom. The molecule has 116 valence electrons. The average Bonchev–Trinajstić information content (AvgIpc) is 2.32. The van der Waals surface area contributed by atoms with Gasteiger partial charge in [0.05, 0.1) is 25.2 Å². The van der Waals surface area contributed by atoms with Crippen LogP contribution in [0.1, 0.15) is 26.3 Å². The van der Waals surface area contributed by atoms with Crippen molar-refractivity contribution in [2.45, 2.75) is 32.0 Å². The molecule has 1 aliphatic rings. The minimum atomic E-state index is -1.09. The fourth-order valence-electron chi connectivity index (χ4n) is 2.18. The number of hydrogen-bond donors (Lipinski definition) is 1. The molecule has 1 aromatic rings. The van der Waals surface area contributed by atoms with Crippen LogP contribution in [0.5, 0.6) is 5.75 Å². The van der Waals surface area contributed by atoms with Crippen molar-refractivity contribution in [3.05, 3.63) is 28.8 Å². The van der Waals surface area contributed by atoms with Gasteiger partial charge in [-0.05, 0) is 38.5 Å². The molecule has 1 amide bonds. The monoisotopic (exact) mass is 313 g/mol.